The molecule has 1 aliphatic carbocycles. The van der Waals surface area contributed by atoms with Gasteiger partial charge in [-0.25, -0.2) is 0 Å². The highest BCUT2D eigenvalue weighted by atomic mass is 16.1. The van der Waals surface area contributed by atoms with Crippen LogP contribution in [0.4, 0.5) is 0 Å². The minimum atomic E-state index is 0.179. The normalized spacial score (nSPS) is 36.7. The zero-order chi connectivity index (χ0) is 11.4. The quantitative estimate of drug-likeness (QED) is 0.780. The lowest BCUT2D eigenvalue weighted by atomic mass is 9.78. The maximum absolute atomic E-state index is 12.4. The molecular weight excluding hydrogens is 198 g/mol. The van der Waals surface area contributed by atoms with Crippen LogP contribution in [0.15, 0.2) is 0 Å². The summed E-state index contributed by atoms with van der Waals surface area (Å²) in [5.74, 6) is 1.64. The summed E-state index contributed by atoms with van der Waals surface area (Å²) in [4.78, 5) is 12.4. The number of hydrogen-bond acceptors (Lipinski definition) is 2. The van der Waals surface area contributed by atoms with Gasteiger partial charge in [-0.2, -0.15) is 0 Å². The van der Waals surface area contributed by atoms with Crippen molar-refractivity contribution >= 4 is 5.78 Å². The Morgan fingerprint density at radius 2 is 1.94 bits per heavy atom. The molecule has 0 aromatic rings. The van der Waals surface area contributed by atoms with Crippen molar-refractivity contribution in [1.29, 1.82) is 0 Å². The SMILES string of the molecule is CC1CCCC(C(=O)C2CCCCCN2)C1. The van der Waals surface area contributed by atoms with Gasteiger partial charge in [-0.1, -0.05) is 32.6 Å². The number of ketones is 1. The largest absolute Gasteiger partial charge is 0.307 e. The van der Waals surface area contributed by atoms with Crippen LogP contribution in [0.25, 0.3) is 0 Å². The van der Waals surface area contributed by atoms with Gasteiger partial charge in [0.1, 0.15) is 0 Å². The molecule has 2 nitrogen and oxygen atoms in total. The number of nitrogens with one attached hydrogen (secondary N) is 1. The predicted molar refractivity (Wildman–Crippen MR) is 66.4 cm³/mol. The lowest BCUT2D eigenvalue weighted by Gasteiger charge is -2.28. The number of carbonyl (C=O) groups excluding carboxylic acids is 1. The van der Waals surface area contributed by atoms with Crippen LogP contribution in [0.1, 0.15) is 58.3 Å². The maximum Gasteiger partial charge on any atom is 0.152 e. The van der Waals surface area contributed by atoms with Crippen molar-refractivity contribution in [2.24, 2.45) is 11.8 Å². The Morgan fingerprint density at radius 1 is 1.06 bits per heavy atom. The number of carbonyl (C=O) groups is 1. The molecule has 1 saturated heterocycles. The Balaban J connectivity index is 1.89. The summed E-state index contributed by atoms with van der Waals surface area (Å²) in [6.07, 6.45) is 9.68. The van der Waals surface area contributed by atoms with E-state index in [9.17, 15) is 4.79 Å². The summed E-state index contributed by atoms with van der Waals surface area (Å²) in [6, 6.07) is 0.179. The Bertz CT molecular complexity index is 227. The average molecular weight is 223 g/mol. The Kier molecular flexibility index (Phi) is 4.39. The van der Waals surface area contributed by atoms with Crippen molar-refractivity contribution in [3.05, 3.63) is 0 Å². The molecule has 0 spiro atoms. The molecular formula is C14H25NO. The highest BCUT2D eigenvalue weighted by molar-refractivity contribution is 5.86. The summed E-state index contributed by atoms with van der Waals surface area (Å²) < 4.78 is 0. The van der Waals surface area contributed by atoms with E-state index in [4.69, 9.17) is 0 Å². The van der Waals surface area contributed by atoms with E-state index in [2.05, 4.69) is 12.2 Å². The molecule has 1 saturated carbocycles. The monoisotopic (exact) mass is 223 g/mol. The average Bonchev–Trinajstić information content (AvgIpc) is 2.56. The van der Waals surface area contributed by atoms with Crippen LogP contribution in [-0.2, 0) is 4.79 Å². The van der Waals surface area contributed by atoms with Crippen molar-refractivity contribution in [2.45, 2.75) is 64.3 Å². The fourth-order valence-corrected chi connectivity index (χ4v) is 3.25. The molecule has 2 aliphatic rings. The molecule has 1 heterocycles. The molecule has 0 amide bonds. The molecule has 3 unspecified atom stereocenters. The minimum absolute atomic E-state index is 0.179. The van der Waals surface area contributed by atoms with E-state index in [1.54, 1.807) is 0 Å². The Morgan fingerprint density at radius 3 is 2.75 bits per heavy atom. The van der Waals surface area contributed by atoms with Gasteiger partial charge in [-0.05, 0) is 38.1 Å². The molecule has 1 N–H and O–H groups in total. The first kappa shape index (κ1) is 12.1. The third-order valence-electron chi connectivity index (χ3n) is 4.24. The van der Waals surface area contributed by atoms with Crippen LogP contribution in [0.3, 0.4) is 0 Å². The van der Waals surface area contributed by atoms with Gasteiger partial charge in [-0.15, -0.1) is 0 Å². The number of rotatable bonds is 2. The van der Waals surface area contributed by atoms with Crippen LogP contribution in [-0.4, -0.2) is 18.4 Å². The van der Waals surface area contributed by atoms with Crippen molar-refractivity contribution in [3.63, 3.8) is 0 Å². The van der Waals surface area contributed by atoms with E-state index in [1.807, 2.05) is 0 Å². The maximum atomic E-state index is 12.4. The Labute approximate surface area is 99.2 Å². The number of hydrogen-bond donors (Lipinski definition) is 1. The van der Waals surface area contributed by atoms with E-state index < -0.39 is 0 Å². The smallest absolute Gasteiger partial charge is 0.152 e. The number of Topliss-reactive ketones (excluding diaryl/α,β-unsaturated/α-hetero) is 1. The predicted octanol–water partition coefficient (Wildman–Crippen LogP) is 2.91. The first-order valence-corrected chi connectivity index (χ1v) is 7.04. The molecule has 2 heteroatoms. The summed E-state index contributed by atoms with van der Waals surface area (Å²) in [5.41, 5.74) is 0. The molecule has 0 radical (unpaired) electrons. The lowest BCUT2D eigenvalue weighted by molar-refractivity contribution is -0.126. The molecule has 16 heavy (non-hydrogen) atoms. The molecule has 0 aromatic heterocycles. The second-order valence-corrected chi connectivity index (χ2v) is 5.73. The fraction of sp³-hybridized carbons (Fsp3) is 0.929. The highest BCUT2D eigenvalue weighted by Crippen LogP contribution is 2.30. The van der Waals surface area contributed by atoms with Crippen molar-refractivity contribution < 1.29 is 4.79 Å². The van der Waals surface area contributed by atoms with Crippen molar-refractivity contribution in [3.8, 4) is 0 Å². The second kappa shape index (κ2) is 5.81. The molecule has 0 bridgehead atoms. The highest BCUT2D eigenvalue weighted by Gasteiger charge is 2.30. The minimum Gasteiger partial charge on any atom is -0.307 e. The Hall–Kier alpha value is -0.370. The summed E-state index contributed by atoms with van der Waals surface area (Å²) in [5, 5.41) is 3.44. The first-order chi connectivity index (χ1) is 7.77. The third-order valence-corrected chi connectivity index (χ3v) is 4.24. The topological polar surface area (TPSA) is 29.1 Å². The van der Waals surface area contributed by atoms with Gasteiger partial charge in [0.05, 0.1) is 6.04 Å². The molecule has 3 atom stereocenters. The van der Waals surface area contributed by atoms with E-state index in [1.165, 1.54) is 32.1 Å². The van der Waals surface area contributed by atoms with Gasteiger partial charge in [0.15, 0.2) is 5.78 Å². The standard InChI is InChI=1S/C14H25NO/c1-11-6-5-7-12(10-11)14(16)13-8-3-2-4-9-15-13/h11-13,15H,2-10H2,1H3. The van der Waals surface area contributed by atoms with Gasteiger partial charge >= 0.3 is 0 Å². The van der Waals surface area contributed by atoms with E-state index in [0.29, 0.717) is 11.7 Å². The third kappa shape index (κ3) is 3.07. The van der Waals surface area contributed by atoms with Gasteiger partial charge in [-0.3, -0.25) is 4.79 Å². The van der Waals surface area contributed by atoms with Crippen molar-refractivity contribution in [1.82, 2.24) is 5.32 Å². The van der Waals surface area contributed by atoms with Gasteiger partial charge in [0.25, 0.3) is 0 Å². The lowest BCUT2D eigenvalue weighted by Crippen LogP contribution is -2.41. The van der Waals surface area contributed by atoms with Crippen LogP contribution in [0.5, 0.6) is 0 Å². The zero-order valence-electron chi connectivity index (χ0n) is 10.5. The van der Waals surface area contributed by atoms with Crippen LogP contribution in [0.2, 0.25) is 0 Å². The first-order valence-electron chi connectivity index (χ1n) is 7.04. The van der Waals surface area contributed by atoms with Crippen LogP contribution < -0.4 is 5.32 Å². The van der Waals surface area contributed by atoms with Gasteiger partial charge < -0.3 is 5.32 Å². The molecule has 2 rings (SSSR count). The second-order valence-electron chi connectivity index (χ2n) is 5.73. The zero-order valence-corrected chi connectivity index (χ0v) is 10.5. The summed E-state index contributed by atoms with van der Waals surface area (Å²) >= 11 is 0. The van der Waals surface area contributed by atoms with Gasteiger partial charge in [0.2, 0.25) is 0 Å². The van der Waals surface area contributed by atoms with E-state index in [-0.39, 0.29) is 6.04 Å². The van der Waals surface area contributed by atoms with E-state index >= 15 is 0 Å². The molecule has 92 valence electrons. The van der Waals surface area contributed by atoms with Crippen LogP contribution in [0, 0.1) is 11.8 Å². The summed E-state index contributed by atoms with van der Waals surface area (Å²) in [7, 11) is 0. The molecule has 0 aromatic carbocycles. The van der Waals surface area contributed by atoms with Gasteiger partial charge in [0, 0.05) is 5.92 Å². The van der Waals surface area contributed by atoms with E-state index in [0.717, 1.165) is 31.7 Å². The molecule has 2 fully saturated rings. The summed E-state index contributed by atoms with van der Waals surface area (Å²) in [6.45, 7) is 3.33. The van der Waals surface area contributed by atoms with Crippen molar-refractivity contribution in [2.75, 3.05) is 6.54 Å². The molecule has 1 aliphatic heterocycles. The van der Waals surface area contributed by atoms with Crippen LogP contribution >= 0.6 is 0 Å². The fourth-order valence-electron chi connectivity index (χ4n) is 3.25.